The highest BCUT2D eigenvalue weighted by molar-refractivity contribution is 5.53. The van der Waals surface area contributed by atoms with Crippen LogP contribution in [0.25, 0.3) is 0 Å². The molecule has 0 aliphatic heterocycles. The van der Waals surface area contributed by atoms with Crippen LogP contribution in [0.2, 0.25) is 0 Å². The molecule has 6 heteroatoms. The van der Waals surface area contributed by atoms with Crippen LogP contribution in [-0.4, -0.2) is 24.8 Å². The summed E-state index contributed by atoms with van der Waals surface area (Å²) in [7, 11) is 1.39. The number of aromatic nitrogens is 1. The first-order chi connectivity index (χ1) is 7.33. The second-order valence-corrected chi connectivity index (χ2v) is 3.63. The van der Waals surface area contributed by atoms with Crippen molar-refractivity contribution in [1.29, 1.82) is 0 Å². The second-order valence-electron chi connectivity index (χ2n) is 3.63. The molecule has 1 rings (SSSR count). The average molecular weight is 233 g/mol. The first-order valence-electron chi connectivity index (χ1n) is 4.77. The summed E-state index contributed by atoms with van der Waals surface area (Å²) < 4.78 is 36.7. The number of halogens is 3. The summed E-state index contributed by atoms with van der Waals surface area (Å²) in [6.07, 6.45) is -2.71. The van der Waals surface area contributed by atoms with Gasteiger partial charge >= 0.3 is 6.18 Å². The van der Waals surface area contributed by atoms with Crippen molar-refractivity contribution in [2.45, 2.75) is 19.6 Å². The Morgan fingerprint density at radius 2 is 2.06 bits per heavy atom. The smallest absolute Gasteiger partial charge is 0.365 e. The molecule has 0 radical (unpaired) electrons. The summed E-state index contributed by atoms with van der Waals surface area (Å²) in [4.78, 5) is 5.14. The van der Waals surface area contributed by atoms with E-state index in [9.17, 15) is 13.2 Å². The van der Waals surface area contributed by atoms with Crippen molar-refractivity contribution in [3.63, 3.8) is 0 Å². The molecule has 0 saturated carbocycles. The zero-order chi connectivity index (χ0) is 12.3. The summed E-state index contributed by atoms with van der Waals surface area (Å²) in [5.41, 5.74) is 7.21. The van der Waals surface area contributed by atoms with Crippen molar-refractivity contribution < 1.29 is 13.2 Å². The molecule has 0 spiro atoms. The first kappa shape index (κ1) is 12.8. The van der Waals surface area contributed by atoms with Crippen LogP contribution in [0, 0.1) is 6.92 Å². The van der Waals surface area contributed by atoms with E-state index in [1.165, 1.54) is 13.2 Å². The largest absolute Gasteiger partial charge is 0.405 e. The standard InChI is InChI=1S/C10H14F3N3/c1-7-3-9(8(4-14)5-15-7)16(2)6-10(11,12)13/h3,5H,4,6,14H2,1-2H3. The minimum Gasteiger partial charge on any atom is -0.365 e. The van der Waals surface area contributed by atoms with Crippen LogP contribution in [-0.2, 0) is 6.54 Å². The Kier molecular flexibility index (Phi) is 3.74. The molecule has 0 bridgehead atoms. The third kappa shape index (κ3) is 3.37. The number of hydrogen-bond acceptors (Lipinski definition) is 3. The van der Waals surface area contributed by atoms with Gasteiger partial charge in [-0.05, 0) is 13.0 Å². The molecule has 1 aromatic heterocycles. The van der Waals surface area contributed by atoms with Crippen LogP contribution in [0.1, 0.15) is 11.3 Å². The van der Waals surface area contributed by atoms with Crippen molar-refractivity contribution in [3.05, 3.63) is 23.5 Å². The third-order valence-corrected chi connectivity index (χ3v) is 2.15. The molecule has 0 aliphatic carbocycles. The summed E-state index contributed by atoms with van der Waals surface area (Å²) in [6.45, 7) is 0.902. The quantitative estimate of drug-likeness (QED) is 0.866. The number of hydrogen-bond donors (Lipinski definition) is 1. The average Bonchev–Trinajstić information content (AvgIpc) is 2.15. The summed E-state index contributed by atoms with van der Waals surface area (Å²) in [6, 6.07) is 1.61. The molecule has 2 N–H and O–H groups in total. The maximum Gasteiger partial charge on any atom is 0.405 e. The lowest BCUT2D eigenvalue weighted by Gasteiger charge is -2.23. The Morgan fingerprint density at radius 3 is 2.56 bits per heavy atom. The Morgan fingerprint density at radius 1 is 1.44 bits per heavy atom. The van der Waals surface area contributed by atoms with Gasteiger partial charge in [0.25, 0.3) is 0 Å². The fraction of sp³-hybridized carbons (Fsp3) is 0.500. The minimum absolute atomic E-state index is 0.171. The van der Waals surface area contributed by atoms with Crippen LogP contribution < -0.4 is 10.6 Å². The fourth-order valence-electron chi connectivity index (χ4n) is 1.44. The van der Waals surface area contributed by atoms with Gasteiger partial charge in [0.15, 0.2) is 0 Å². The van der Waals surface area contributed by atoms with Gasteiger partial charge in [0.1, 0.15) is 6.54 Å². The van der Waals surface area contributed by atoms with Gasteiger partial charge in [-0.2, -0.15) is 13.2 Å². The molecule has 3 nitrogen and oxygen atoms in total. The fourth-order valence-corrected chi connectivity index (χ4v) is 1.44. The van der Waals surface area contributed by atoms with Gasteiger partial charge in [0, 0.05) is 36.7 Å². The van der Waals surface area contributed by atoms with E-state index >= 15 is 0 Å². The van der Waals surface area contributed by atoms with Crippen LogP contribution >= 0.6 is 0 Å². The van der Waals surface area contributed by atoms with Gasteiger partial charge in [0.05, 0.1) is 0 Å². The summed E-state index contributed by atoms with van der Waals surface area (Å²) >= 11 is 0. The van der Waals surface area contributed by atoms with Gasteiger partial charge in [-0.1, -0.05) is 0 Å². The van der Waals surface area contributed by atoms with Crippen molar-refractivity contribution in [3.8, 4) is 0 Å². The number of anilines is 1. The summed E-state index contributed by atoms with van der Waals surface area (Å²) in [5, 5.41) is 0. The molecule has 0 atom stereocenters. The highest BCUT2D eigenvalue weighted by Gasteiger charge is 2.30. The molecule has 0 aromatic carbocycles. The number of pyridine rings is 1. The van der Waals surface area contributed by atoms with E-state index in [-0.39, 0.29) is 6.54 Å². The number of alkyl halides is 3. The second kappa shape index (κ2) is 4.69. The van der Waals surface area contributed by atoms with E-state index in [0.29, 0.717) is 16.9 Å². The molecule has 0 unspecified atom stereocenters. The lowest BCUT2D eigenvalue weighted by Crippen LogP contribution is -2.31. The number of aryl methyl sites for hydroxylation is 1. The predicted octanol–water partition coefficient (Wildman–Crippen LogP) is 1.85. The van der Waals surface area contributed by atoms with Gasteiger partial charge in [0.2, 0.25) is 0 Å². The van der Waals surface area contributed by atoms with Crippen molar-refractivity contribution in [2.75, 3.05) is 18.5 Å². The van der Waals surface area contributed by atoms with E-state index in [1.807, 2.05) is 0 Å². The van der Waals surface area contributed by atoms with Crippen LogP contribution in [0.5, 0.6) is 0 Å². The lowest BCUT2D eigenvalue weighted by molar-refractivity contribution is -0.119. The van der Waals surface area contributed by atoms with Gasteiger partial charge in [-0.15, -0.1) is 0 Å². The molecule has 0 amide bonds. The van der Waals surface area contributed by atoms with Gasteiger partial charge in [-0.3, -0.25) is 4.98 Å². The summed E-state index contributed by atoms with van der Waals surface area (Å²) in [5.74, 6) is 0. The van der Waals surface area contributed by atoms with Crippen LogP contribution in [0.15, 0.2) is 12.3 Å². The highest BCUT2D eigenvalue weighted by atomic mass is 19.4. The Labute approximate surface area is 92.1 Å². The molecular formula is C10H14F3N3. The maximum atomic E-state index is 12.2. The first-order valence-corrected chi connectivity index (χ1v) is 4.77. The zero-order valence-corrected chi connectivity index (χ0v) is 9.17. The molecule has 0 saturated heterocycles. The molecule has 1 aromatic rings. The highest BCUT2D eigenvalue weighted by Crippen LogP contribution is 2.24. The Hall–Kier alpha value is -1.30. The minimum atomic E-state index is -4.22. The molecular weight excluding hydrogens is 219 g/mol. The normalized spacial score (nSPS) is 11.6. The lowest BCUT2D eigenvalue weighted by atomic mass is 10.2. The molecule has 16 heavy (non-hydrogen) atoms. The molecule has 0 aliphatic rings. The van der Waals surface area contributed by atoms with E-state index < -0.39 is 12.7 Å². The SMILES string of the molecule is Cc1cc(N(C)CC(F)(F)F)c(CN)cn1. The van der Waals surface area contributed by atoms with E-state index in [4.69, 9.17) is 5.73 Å². The number of rotatable bonds is 3. The van der Waals surface area contributed by atoms with Crippen molar-refractivity contribution in [2.24, 2.45) is 5.73 Å². The topological polar surface area (TPSA) is 42.1 Å². The van der Waals surface area contributed by atoms with E-state index in [2.05, 4.69) is 4.98 Å². The van der Waals surface area contributed by atoms with E-state index in [1.54, 1.807) is 13.0 Å². The molecule has 1 heterocycles. The molecule has 0 fully saturated rings. The van der Waals surface area contributed by atoms with Crippen LogP contribution in [0.4, 0.5) is 18.9 Å². The molecule has 90 valence electrons. The zero-order valence-electron chi connectivity index (χ0n) is 9.17. The Bertz CT molecular complexity index is 363. The number of nitrogens with zero attached hydrogens (tertiary/aromatic N) is 2. The van der Waals surface area contributed by atoms with Crippen LogP contribution in [0.3, 0.4) is 0 Å². The van der Waals surface area contributed by atoms with Gasteiger partial charge < -0.3 is 10.6 Å². The number of nitrogens with two attached hydrogens (primary N) is 1. The van der Waals surface area contributed by atoms with E-state index in [0.717, 1.165) is 4.90 Å². The predicted molar refractivity (Wildman–Crippen MR) is 56.2 cm³/mol. The van der Waals surface area contributed by atoms with Crippen molar-refractivity contribution in [1.82, 2.24) is 4.98 Å². The van der Waals surface area contributed by atoms with Gasteiger partial charge in [-0.25, -0.2) is 0 Å². The third-order valence-electron chi connectivity index (χ3n) is 2.15. The maximum absolute atomic E-state index is 12.2. The van der Waals surface area contributed by atoms with Crippen molar-refractivity contribution >= 4 is 5.69 Å². The monoisotopic (exact) mass is 233 g/mol. The Balaban J connectivity index is 2.97.